The third-order valence-electron chi connectivity index (χ3n) is 6.32. The molecule has 11 heteroatoms. The van der Waals surface area contributed by atoms with Gasteiger partial charge in [0.1, 0.15) is 5.54 Å². The van der Waals surface area contributed by atoms with Crippen LogP contribution in [-0.4, -0.2) is 35.6 Å². The molecule has 32 heavy (non-hydrogen) atoms. The maximum atomic E-state index is 14.6. The van der Waals surface area contributed by atoms with Gasteiger partial charge >= 0.3 is 0 Å². The van der Waals surface area contributed by atoms with Crippen LogP contribution in [0.5, 0.6) is 0 Å². The summed E-state index contributed by atoms with van der Waals surface area (Å²) in [5.41, 5.74) is -1.58. The van der Waals surface area contributed by atoms with E-state index in [2.05, 4.69) is 5.10 Å². The van der Waals surface area contributed by atoms with Crippen LogP contribution in [0, 0.1) is 0 Å². The Labute approximate surface area is 186 Å². The van der Waals surface area contributed by atoms with E-state index in [1.54, 1.807) is 0 Å². The highest BCUT2D eigenvalue weighted by molar-refractivity contribution is 7.90. The smallest absolute Gasteiger partial charge is 0.283 e. The standard InChI is InChI=1S/C21H18ClF4N3O2S/c1-19(23,24)13-5-7-14(8-6-13)32(30,31)29-16-4-2-3-15(22)17(16)18(27-29)28-12-11-21(25,26)20(28)9-10-20/h2-8H,9-12H2,1H3. The minimum Gasteiger partial charge on any atom is -0.343 e. The van der Waals surface area contributed by atoms with Crippen molar-refractivity contribution in [2.75, 3.05) is 11.4 Å². The normalized spacial score (nSPS) is 19.8. The van der Waals surface area contributed by atoms with Gasteiger partial charge in [-0.05, 0) is 37.1 Å². The Kier molecular flexibility index (Phi) is 4.44. The second-order valence-electron chi connectivity index (χ2n) is 8.36. The summed E-state index contributed by atoms with van der Waals surface area (Å²) in [6.07, 6.45) is 0.196. The molecule has 0 unspecified atom stereocenters. The third-order valence-corrected chi connectivity index (χ3v) is 8.24. The second-order valence-corrected chi connectivity index (χ2v) is 10.5. The quantitative estimate of drug-likeness (QED) is 0.461. The molecule has 0 atom stereocenters. The van der Waals surface area contributed by atoms with Crippen molar-refractivity contribution in [3.8, 4) is 0 Å². The molecule has 0 bridgehead atoms. The first-order chi connectivity index (χ1) is 14.9. The number of aromatic nitrogens is 2. The van der Waals surface area contributed by atoms with Crippen molar-refractivity contribution in [3.05, 3.63) is 53.1 Å². The van der Waals surface area contributed by atoms with E-state index in [1.165, 1.54) is 23.1 Å². The summed E-state index contributed by atoms with van der Waals surface area (Å²) in [6.45, 7) is 0.732. The highest BCUT2D eigenvalue weighted by atomic mass is 35.5. The van der Waals surface area contributed by atoms with Gasteiger partial charge in [0.25, 0.3) is 21.9 Å². The molecule has 1 spiro atoms. The summed E-state index contributed by atoms with van der Waals surface area (Å²) >= 11 is 6.36. The van der Waals surface area contributed by atoms with E-state index < -0.39 is 27.4 Å². The molecule has 5 rings (SSSR count). The van der Waals surface area contributed by atoms with Gasteiger partial charge < -0.3 is 4.90 Å². The molecule has 1 aliphatic heterocycles. The monoisotopic (exact) mass is 487 g/mol. The zero-order chi connectivity index (χ0) is 23.1. The number of fused-ring (bicyclic) bond motifs is 1. The lowest BCUT2D eigenvalue weighted by Gasteiger charge is -2.27. The summed E-state index contributed by atoms with van der Waals surface area (Å²) in [5, 5.41) is 4.69. The molecule has 2 aliphatic rings. The van der Waals surface area contributed by atoms with Gasteiger partial charge in [0.15, 0.2) is 5.82 Å². The fourth-order valence-corrected chi connectivity index (χ4v) is 5.96. The van der Waals surface area contributed by atoms with Crippen LogP contribution < -0.4 is 4.90 Å². The summed E-state index contributed by atoms with van der Waals surface area (Å²) in [5.74, 6) is -5.95. The Bertz CT molecular complexity index is 1330. The van der Waals surface area contributed by atoms with Gasteiger partial charge in [-0.25, -0.2) is 17.6 Å². The van der Waals surface area contributed by atoms with Crippen LogP contribution >= 0.6 is 11.6 Å². The average molecular weight is 488 g/mol. The molecule has 1 aromatic heterocycles. The van der Waals surface area contributed by atoms with Gasteiger partial charge in [-0.15, -0.1) is 5.10 Å². The van der Waals surface area contributed by atoms with Crippen molar-refractivity contribution < 1.29 is 26.0 Å². The highest BCUT2D eigenvalue weighted by Crippen LogP contribution is 2.60. The molecule has 5 nitrogen and oxygen atoms in total. The Balaban J connectivity index is 1.67. The number of nitrogens with zero attached hydrogens (tertiary/aromatic N) is 3. The molecule has 2 fully saturated rings. The zero-order valence-electron chi connectivity index (χ0n) is 16.8. The topological polar surface area (TPSA) is 55.2 Å². The van der Waals surface area contributed by atoms with Gasteiger partial charge in [-0.1, -0.05) is 29.8 Å². The van der Waals surface area contributed by atoms with Gasteiger partial charge in [-0.2, -0.15) is 12.5 Å². The fraction of sp³-hybridized carbons (Fsp3) is 0.381. The summed E-state index contributed by atoms with van der Waals surface area (Å²) < 4.78 is 83.7. The van der Waals surface area contributed by atoms with Gasteiger partial charge in [0.2, 0.25) is 0 Å². The molecular formula is C21H18ClF4N3O2S. The number of alkyl halides is 4. The molecular weight excluding hydrogens is 470 g/mol. The second kappa shape index (κ2) is 6.60. The number of rotatable bonds is 4. The molecule has 0 N–H and O–H groups in total. The number of hydrogen-bond acceptors (Lipinski definition) is 4. The first-order valence-corrected chi connectivity index (χ1v) is 11.8. The van der Waals surface area contributed by atoms with Gasteiger partial charge in [0.05, 0.1) is 20.8 Å². The van der Waals surface area contributed by atoms with Crippen LogP contribution in [0.3, 0.4) is 0 Å². The van der Waals surface area contributed by atoms with Crippen LogP contribution in [0.25, 0.3) is 10.9 Å². The van der Waals surface area contributed by atoms with E-state index in [9.17, 15) is 26.0 Å². The summed E-state index contributed by atoms with van der Waals surface area (Å²) in [4.78, 5) is 1.21. The van der Waals surface area contributed by atoms with Crippen molar-refractivity contribution in [2.24, 2.45) is 0 Å². The van der Waals surface area contributed by atoms with E-state index in [0.717, 1.165) is 28.4 Å². The lowest BCUT2D eigenvalue weighted by molar-refractivity contribution is -0.0164. The summed E-state index contributed by atoms with van der Waals surface area (Å²) in [7, 11) is -4.31. The van der Waals surface area contributed by atoms with Crippen LogP contribution in [0.1, 0.15) is 31.7 Å². The number of anilines is 1. The molecule has 1 aliphatic carbocycles. The van der Waals surface area contributed by atoms with Gasteiger partial charge in [-0.3, -0.25) is 0 Å². The predicted octanol–water partition coefficient (Wildman–Crippen LogP) is 5.42. The molecule has 170 valence electrons. The minimum atomic E-state index is -4.31. The van der Waals surface area contributed by atoms with Crippen LogP contribution in [0.4, 0.5) is 23.4 Å². The Morgan fingerprint density at radius 1 is 1.06 bits per heavy atom. The van der Waals surface area contributed by atoms with Crippen LogP contribution in [-0.2, 0) is 15.9 Å². The molecule has 1 saturated carbocycles. The lowest BCUT2D eigenvalue weighted by atomic mass is 10.1. The first-order valence-electron chi connectivity index (χ1n) is 9.95. The number of halogens is 5. The van der Waals surface area contributed by atoms with E-state index >= 15 is 0 Å². The van der Waals surface area contributed by atoms with Crippen molar-refractivity contribution in [3.63, 3.8) is 0 Å². The summed E-state index contributed by atoms with van der Waals surface area (Å²) in [6, 6.07) is 8.78. The molecule has 2 heterocycles. The predicted molar refractivity (Wildman–Crippen MR) is 112 cm³/mol. The largest absolute Gasteiger partial charge is 0.343 e. The SMILES string of the molecule is CC(F)(F)c1ccc(S(=O)(=O)n2nc(N3CCC(F)(F)C34CC4)c3c(Cl)cccc32)cc1. The van der Waals surface area contributed by atoms with E-state index in [-0.39, 0.29) is 58.0 Å². The van der Waals surface area contributed by atoms with Gasteiger partial charge in [0, 0.05) is 25.5 Å². The number of hydrogen-bond donors (Lipinski definition) is 0. The van der Waals surface area contributed by atoms with Crippen LogP contribution in [0.15, 0.2) is 47.4 Å². The van der Waals surface area contributed by atoms with Crippen molar-refractivity contribution in [1.82, 2.24) is 9.19 Å². The highest BCUT2D eigenvalue weighted by Gasteiger charge is 2.69. The molecule has 2 aromatic carbocycles. The zero-order valence-corrected chi connectivity index (χ0v) is 18.4. The van der Waals surface area contributed by atoms with E-state index in [1.807, 2.05) is 0 Å². The maximum absolute atomic E-state index is 14.6. The van der Waals surface area contributed by atoms with E-state index in [0.29, 0.717) is 6.92 Å². The average Bonchev–Trinajstić information content (AvgIpc) is 3.37. The Morgan fingerprint density at radius 3 is 2.31 bits per heavy atom. The Hall–Kier alpha value is -2.33. The Morgan fingerprint density at radius 2 is 1.72 bits per heavy atom. The fourth-order valence-electron chi connectivity index (χ4n) is 4.43. The third kappa shape index (κ3) is 2.95. The molecule has 1 saturated heterocycles. The molecule has 3 aromatic rings. The minimum absolute atomic E-state index is 0.0185. The van der Waals surface area contributed by atoms with E-state index in [4.69, 9.17) is 11.6 Å². The first kappa shape index (κ1) is 21.5. The van der Waals surface area contributed by atoms with Crippen LogP contribution in [0.2, 0.25) is 5.02 Å². The number of benzene rings is 2. The molecule has 0 radical (unpaired) electrons. The maximum Gasteiger partial charge on any atom is 0.283 e. The molecule has 0 amide bonds. The van der Waals surface area contributed by atoms with Crippen molar-refractivity contribution >= 4 is 38.3 Å². The lowest BCUT2D eigenvalue weighted by Crippen LogP contribution is -2.42. The van der Waals surface area contributed by atoms with Crippen molar-refractivity contribution in [2.45, 2.75) is 48.5 Å². The van der Waals surface area contributed by atoms with Crippen molar-refractivity contribution in [1.29, 1.82) is 0 Å².